The Bertz CT molecular complexity index is 924. The van der Waals surface area contributed by atoms with E-state index in [9.17, 15) is 14.7 Å². The summed E-state index contributed by atoms with van der Waals surface area (Å²) in [6.45, 7) is 6.35. The van der Waals surface area contributed by atoms with Crippen LogP contribution < -0.4 is 10.6 Å². The van der Waals surface area contributed by atoms with Crippen LogP contribution >= 0.6 is 11.6 Å². The van der Waals surface area contributed by atoms with Crippen molar-refractivity contribution in [1.29, 1.82) is 0 Å². The molecule has 2 unspecified atom stereocenters. The van der Waals surface area contributed by atoms with Gasteiger partial charge in [0.15, 0.2) is 0 Å². The molecule has 3 atom stereocenters. The monoisotopic (exact) mass is 448 g/mol. The number of hydrogen-bond acceptors (Lipinski definition) is 6. The van der Waals surface area contributed by atoms with Gasteiger partial charge in [0.05, 0.1) is 18.8 Å². The van der Waals surface area contributed by atoms with E-state index in [1.54, 1.807) is 23.0 Å². The number of β-amino-alcohol motifs (C(OH)–C–C–N with tert-alkyl or cyclic N) is 1. The second kappa shape index (κ2) is 9.23. The van der Waals surface area contributed by atoms with Gasteiger partial charge in [0, 0.05) is 30.7 Å². The number of aliphatic hydroxyl groups excluding tert-OH is 1. The highest BCUT2D eigenvalue weighted by atomic mass is 35.5. The minimum Gasteiger partial charge on any atom is -0.391 e. The molecule has 31 heavy (non-hydrogen) atoms. The van der Waals surface area contributed by atoms with E-state index in [1.807, 2.05) is 32.9 Å². The molecule has 0 bridgehead atoms. The first-order valence-electron chi connectivity index (χ1n) is 10.2. The van der Waals surface area contributed by atoms with Crippen molar-refractivity contribution in [2.45, 2.75) is 51.9 Å². The van der Waals surface area contributed by atoms with Gasteiger partial charge in [0.1, 0.15) is 17.8 Å². The van der Waals surface area contributed by atoms with Crippen LogP contribution in [0.4, 0.5) is 5.69 Å². The molecule has 1 aliphatic rings. The fourth-order valence-electron chi connectivity index (χ4n) is 3.79. The van der Waals surface area contributed by atoms with E-state index in [0.717, 1.165) is 5.69 Å². The molecular weight excluding hydrogens is 420 g/mol. The number of rotatable bonds is 6. The van der Waals surface area contributed by atoms with Crippen LogP contribution in [-0.4, -0.2) is 62.6 Å². The van der Waals surface area contributed by atoms with Crippen molar-refractivity contribution in [2.75, 3.05) is 18.9 Å². The van der Waals surface area contributed by atoms with E-state index in [2.05, 4.69) is 20.9 Å². The number of aliphatic hydroxyl groups is 1. The third-order valence-corrected chi connectivity index (χ3v) is 5.56. The third kappa shape index (κ3) is 5.34. The minimum atomic E-state index is -0.734. The molecule has 2 amide bonds. The summed E-state index contributed by atoms with van der Waals surface area (Å²) in [5.74, 6) is -0.552. The second-order valence-electron chi connectivity index (χ2n) is 8.83. The summed E-state index contributed by atoms with van der Waals surface area (Å²) in [6, 6.07) is 5.94. The predicted octanol–water partition coefficient (Wildman–Crippen LogP) is 1.84. The zero-order valence-corrected chi connectivity index (χ0v) is 18.9. The number of halogens is 1. The molecule has 168 valence electrons. The Morgan fingerprint density at radius 3 is 2.58 bits per heavy atom. The van der Waals surface area contributed by atoms with Crippen LogP contribution in [0.15, 0.2) is 30.5 Å². The van der Waals surface area contributed by atoms with Crippen molar-refractivity contribution in [3.8, 4) is 0 Å². The molecule has 0 aliphatic carbocycles. The molecule has 9 nitrogen and oxygen atoms in total. The Labute approximate surface area is 186 Å². The van der Waals surface area contributed by atoms with Crippen molar-refractivity contribution >= 4 is 29.1 Å². The summed E-state index contributed by atoms with van der Waals surface area (Å²) in [6.07, 6.45) is 1.22. The highest BCUT2D eigenvalue weighted by Crippen LogP contribution is 2.34. The normalized spacial score (nSPS) is 19.9. The number of likely N-dealkylation sites (tertiary alicyclic amines) is 1. The van der Waals surface area contributed by atoms with Crippen LogP contribution in [0.5, 0.6) is 0 Å². The SMILES string of the molecule is CNC(=O)C1CC(O)CN1C(=O)[C@@H](n1cc(CNc2ccc(Cl)cc2)nn1)C(C)(C)C. The highest BCUT2D eigenvalue weighted by Gasteiger charge is 2.44. The average Bonchev–Trinajstić information content (AvgIpc) is 3.32. The molecule has 3 rings (SSSR count). The summed E-state index contributed by atoms with van der Waals surface area (Å²) >= 11 is 5.91. The first-order chi connectivity index (χ1) is 14.6. The highest BCUT2D eigenvalue weighted by molar-refractivity contribution is 6.30. The van der Waals surface area contributed by atoms with E-state index >= 15 is 0 Å². The molecule has 10 heteroatoms. The number of carbonyl (C=O) groups excluding carboxylic acids is 2. The van der Waals surface area contributed by atoms with Gasteiger partial charge in [0.25, 0.3) is 0 Å². The Kier molecular flexibility index (Phi) is 6.86. The molecule has 1 aromatic carbocycles. The number of nitrogens with one attached hydrogen (secondary N) is 2. The molecule has 2 aromatic rings. The summed E-state index contributed by atoms with van der Waals surface area (Å²) in [7, 11) is 1.52. The smallest absolute Gasteiger partial charge is 0.248 e. The Balaban J connectivity index is 1.79. The standard InChI is InChI=1S/C21H29ClN6O3/c1-21(2,3)18(20(31)27-12-16(29)9-17(27)19(30)23-4)28-11-15(25-26-28)10-24-14-7-5-13(22)6-8-14/h5-8,11,16-18,24,29H,9-10,12H2,1-4H3,(H,23,30)/t16?,17?,18-/m1/s1. The summed E-state index contributed by atoms with van der Waals surface area (Å²) < 4.78 is 1.55. The number of likely N-dealkylation sites (N-methyl/N-ethyl adjacent to an activating group) is 1. The fourth-order valence-corrected chi connectivity index (χ4v) is 3.92. The molecule has 3 N–H and O–H groups in total. The van der Waals surface area contributed by atoms with Crippen LogP contribution in [0, 0.1) is 5.41 Å². The van der Waals surface area contributed by atoms with Gasteiger partial charge in [0.2, 0.25) is 11.8 Å². The van der Waals surface area contributed by atoms with Crippen LogP contribution in [0.1, 0.15) is 38.9 Å². The van der Waals surface area contributed by atoms with Crippen LogP contribution in [0.25, 0.3) is 0 Å². The summed E-state index contributed by atoms with van der Waals surface area (Å²) in [5.41, 5.74) is 1.06. The number of nitrogens with zero attached hydrogens (tertiary/aromatic N) is 4. The zero-order valence-electron chi connectivity index (χ0n) is 18.2. The molecule has 0 saturated carbocycles. The Morgan fingerprint density at radius 1 is 1.29 bits per heavy atom. The van der Waals surface area contributed by atoms with Gasteiger partial charge in [-0.05, 0) is 29.7 Å². The van der Waals surface area contributed by atoms with Crippen molar-refractivity contribution in [1.82, 2.24) is 25.2 Å². The first kappa shape index (κ1) is 23.0. The molecule has 2 heterocycles. The van der Waals surface area contributed by atoms with Crippen molar-refractivity contribution in [3.05, 3.63) is 41.2 Å². The predicted molar refractivity (Wildman–Crippen MR) is 117 cm³/mol. The second-order valence-corrected chi connectivity index (χ2v) is 9.27. The van der Waals surface area contributed by atoms with Crippen molar-refractivity contribution in [3.63, 3.8) is 0 Å². The number of amides is 2. The summed E-state index contributed by atoms with van der Waals surface area (Å²) in [4.78, 5) is 27.2. The van der Waals surface area contributed by atoms with E-state index in [-0.39, 0.29) is 24.8 Å². The fraction of sp³-hybridized carbons (Fsp3) is 0.524. The lowest BCUT2D eigenvalue weighted by molar-refractivity contribution is -0.144. The number of benzene rings is 1. The number of carbonyl (C=O) groups is 2. The molecule has 1 fully saturated rings. The van der Waals surface area contributed by atoms with Crippen LogP contribution in [0.2, 0.25) is 5.02 Å². The lowest BCUT2D eigenvalue weighted by Crippen LogP contribution is -2.49. The van der Waals surface area contributed by atoms with Gasteiger partial charge in [-0.1, -0.05) is 37.6 Å². The van der Waals surface area contributed by atoms with Crippen LogP contribution in [0.3, 0.4) is 0 Å². The maximum Gasteiger partial charge on any atom is 0.248 e. The molecule has 0 spiro atoms. The topological polar surface area (TPSA) is 112 Å². The van der Waals surface area contributed by atoms with E-state index in [4.69, 9.17) is 11.6 Å². The number of anilines is 1. The quantitative estimate of drug-likeness (QED) is 0.621. The minimum absolute atomic E-state index is 0.114. The molecule has 1 aliphatic heterocycles. The lowest BCUT2D eigenvalue weighted by atomic mass is 9.85. The van der Waals surface area contributed by atoms with E-state index < -0.39 is 23.6 Å². The van der Waals surface area contributed by atoms with Gasteiger partial charge < -0.3 is 20.6 Å². The number of hydrogen-bond donors (Lipinski definition) is 3. The maximum absolute atomic E-state index is 13.5. The van der Waals surface area contributed by atoms with Gasteiger partial charge in [-0.2, -0.15) is 0 Å². The Hall–Kier alpha value is -2.65. The van der Waals surface area contributed by atoms with Gasteiger partial charge in [-0.25, -0.2) is 4.68 Å². The molecule has 1 aromatic heterocycles. The van der Waals surface area contributed by atoms with Crippen LogP contribution in [-0.2, 0) is 16.1 Å². The maximum atomic E-state index is 13.5. The molecule has 1 saturated heterocycles. The van der Waals surface area contributed by atoms with Crippen molar-refractivity contribution < 1.29 is 14.7 Å². The molecule has 0 radical (unpaired) electrons. The van der Waals surface area contributed by atoms with E-state index in [1.165, 1.54) is 11.9 Å². The first-order valence-corrected chi connectivity index (χ1v) is 10.6. The van der Waals surface area contributed by atoms with Gasteiger partial charge in [-0.3, -0.25) is 9.59 Å². The van der Waals surface area contributed by atoms with Gasteiger partial charge in [-0.15, -0.1) is 5.10 Å². The van der Waals surface area contributed by atoms with Gasteiger partial charge >= 0.3 is 0 Å². The third-order valence-electron chi connectivity index (χ3n) is 5.31. The van der Waals surface area contributed by atoms with E-state index in [0.29, 0.717) is 17.3 Å². The number of aromatic nitrogens is 3. The molecular formula is C21H29ClN6O3. The summed E-state index contributed by atoms with van der Waals surface area (Å²) in [5, 5.41) is 25.0. The largest absolute Gasteiger partial charge is 0.391 e. The average molecular weight is 449 g/mol. The lowest BCUT2D eigenvalue weighted by Gasteiger charge is -2.34. The van der Waals surface area contributed by atoms with Crippen molar-refractivity contribution in [2.24, 2.45) is 5.41 Å². The Morgan fingerprint density at radius 2 is 1.97 bits per heavy atom. The zero-order chi connectivity index (χ0) is 22.8.